The lowest BCUT2D eigenvalue weighted by Crippen LogP contribution is -1.98. The lowest BCUT2D eigenvalue weighted by atomic mass is 10.4. The van der Waals surface area contributed by atoms with Crippen LogP contribution in [0.25, 0.3) is 10.4 Å². The highest BCUT2D eigenvalue weighted by Gasteiger charge is 2.20. The largest absolute Gasteiger partial charge is 0.281 e. The first-order valence-corrected chi connectivity index (χ1v) is 4.76. The highest BCUT2D eigenvalue weighted by Crippen LogP contribution is 2.18. The van der Waals surface area contributed by atoms with Gasteiger partial charge in [-0.15, -0.1) is 0 Å². The molecule has 1 heterocycles. The molecule has 0 saturated carbocycles. The fourth-order valence-electron chi connectivity index (χ4n) is 1.01. The van der Waals surface area contributed by atoms with E-state index in [1.807, 2.05) is 0 Å². The summed E-state index contributed by atoms with van der Waals surface area (Å²) in [6.45, 7) is 3.06. The summed E-state index contributed by atoms with van der Waals surface area (Å²) in [6.07, 6.45) is 0. The number of rotatable bonds is 2. The van der Waals surface area contributed by atoms with Crippen LogP contribution in [-0.2, 0) is 10.0 Å². The van der Waals surface area contributed by atoms with Crippen LogP contribution < -0.4 is 0 Å². The molecule has 0 aromatic carbocycles. The Hall–Kier alpha value is -1.53. The third kappa shape index (κ3) is 1.63. The van der Waals surface area contributed by atoms with Crippen molar-refractivity contribution in [2.45, 2.75) is 18.7 Å². The highest BCUT2D eigenvalue weighted by atomic mass is 32.2. The number of H-pyrrole nitrogens is 1. The molecule has 1 N–H and O–H groups in total. The second kappa shape index (κ2) is 3.08. The summed E-state index contributed by atoms with van der Waals surface area (Å²) >= 11 is 0. The maximum Gasteiger partial charge on any atom is 0.267 e. The zero-order valence-electron chi connectivity index (χ0n) is 7.01. The Morgan fingerprint density at radius 3 is 2.54 bits per heavy atom. The minimum Gasteiger partial charge on any atom is -0.281 e. The summed E-state index contributed by atoms with van der Waals surface area (Å²) in [5, 5.41) is 6.17. The molecule has 1 aromatic heterocycles. The maximum atomic E-state index is 11.3. The molecule has 13 heavy (non-hydrogen) atoms. The van der Waals surface area contributed by atoms with Gasteiger partial charge >= 0.3 is 0 Å². The molecule has 0 spiro atoms. The van der Waals surface area contributed by atoms with E-state index in [4.69, 9.17) is 5.53 Å². The molecule has 0 aliphatic rings. The molecule has 0 aliphatic heterocycles. The van der Waals surface area contributed by atoms with Crippen LogP contribution in [0, 0.1) is 13.8 Å². The van der Waals surface area contributed by atoms with E-state index in [9.17, 15) is 8.42 Å². The second-order valence-electron chi connectivity index (χ2n) is 2.41. The minimum atomic E-state index is -3.91. The molecule has 1 rings (SSSR count). The smallest absolute Gasteiger partial charge is 0.267 e. The zero-order valence-corrected chi connectivity index (χ0v) is 7.83. The number of aromatic nitrogens is 2. The van der Waals surface area contributed by atoms with Crippen molar-refractivity contribution in [3.05, 3.63) is 21.8 Å². The Labute approximate surface area is 74.5 Å². The maximum absolute atomic E-state index is 11.3. The lowest BCUT2D eigenvalue weighted by Gasteiger charge is -1.94. The van der Waals surface area contributed by atoms with Gasteiger partial charge in [0, 0.05) is 9.43 Å². The average molecular weight is 201 g/mol. The van der Waals surface area contributed by atoms with Gasteiger partial charge in [0.25, 0.3) is 10.0 Å². The molecule has 0 saturated heterocycles. The summed E-state index contributed by atoms with van der Waals surface area (Å²) in [5.74, 6) is 0. The molecule has 0 unspecified atom stereocenters. The lowest BCUT2D eigenvalue weighted by molar-refractivity contribution is 0.596. The molecule has 0 radical (unpaired) electrons. The summed E-state index contributed by atoms with van der Waals surface area (Å²) in [6, 6.07) is 0. The van der Waals surface area contributed by atoms with Crippen LogP contribution in [0.2, 0.25) is 0 Å². The number of hydrogen-bond acceptors (Lipinski definition) is 3. The van der Waals surface area contributed by atoms with Gasteiger partial charge in [0.2, 0.25) is 0 Å². The second-order valence-corrected chi connectivity index (χ2v) is 3.93. The van der Waals surface area contributed by atoms with Gasteiger partial charge in [0.1, 0.15) is 4.90 Å². The molecule has 1 aromatic rings. The van der Waals surface area contributed by atoms with E-state index in [1.165, 1.54) is 6.92 Å². The fraction of sp³-hybridized carbons (Fsp3) is 0.400. The number of azide groups is 1. The SMILES string of the molecule is Cc1n[nH]c(C)c1S(=O)(=O)N=[N+]=[N-]. The predicted octanol–water partition coefficient (Wildman–Crippen LogP) is 1.03. The van der Waals surface area contributed by atoms with Crippen LogP contribution in [0.15, 0.2) is 9.42 Å². The van der Waals surface area contributed by atoms with Gasteiger partial charge in [-0.05, 0) is 19.4 Å². The summed E-state index contributed by atoms with van der Waals surface area (Å²) < 4.78 is 25.2. The molecule has 0 fully saturated rings. The van der Waals surface area contributed by atoms with Crippen LogP contribution >= 0.6 is 0 Å². The van der Waals surface area contributed by atoms with Gasteiger partial charge in [0.15, 0.2) is 0 Å². The first kappa shape index (κ1) is 9.56. The van der Waals surface area contributed by atoms with Crippen molar-refractivity contribution in [3.8, 4) is 0 Å². The van der Waals surface area contributed by atoms with Crippen molar-refractivity contribution in [1.82, 2.24) is 10.2 Å². The van der Waals surface area contributed by atoms with E-state index in [-0.39, 0.29) is 4.90 Å². The summed E-state index contributed by atoms with van der Waals surface area (Å²) in [4.78, 5) is 2.19. The Bertz CT molecular complexity index is 448. The number of sulfonamides is 1. The normalized spacial score (nSPS) is 10.9. The van der Waals surface area contributed by atoms with Gasteiger partial charge < -0.3 is 0 Å². The van der Waals surface area contributed by atoms with Crippen LogP contribution in [0.4, 0.5) is 0 Å². The van der Waals surface area contributed by atoms with E-state index in [0.717, 1.165) is 0 Å². The Morgan fingerprint density at radius 1 is 1.54 bits per heavy atom. The molecule has 7 nitrogen and oxygen atoms in total. The van der Waals surface area contributed by atoms with Crippen molar-refractivity contribution < 1.29 is 8.42 Å². The third-order valence-electron chi connectivity index (χ3n) is 1.46. The van der Waals surface area contributed by atoms with Gasteiger partial charge in [-0.25, -0.2) is 8.42 Å². The van der Waals surface area contributed by atoms with Crippen LogP contribution in [-0.4, -0.2) is 18.6 Å². The predicted molar refractivity (Wildman–Crippen MR) is 44.4 cm³/mol. The Kier molecular flexibility index (Phi) is 2.26. The van der Waals surface area contributed by atoms with Crippen molar-refractivity contribution in [2.75, 3.05) is 0 Å². The molecule has 70 valence electrons. The van der Waals surface area contributed by atoms with E-state index in [0.29, 0.717) is 11.4 Å². The number of aromatic amines is 1. The molecule has 0 amide bonds. The summed E-state index contributed by atoms with van der Waals surface area (Å²) in [7, 11) is -3.91. The minimum absolute atomic E-state index is 0.0506. The Morgan fingerprint density at radius 2 is 2.15 bits per heavy atom. The number of nitrogens with zero attached hydrogens (tertiary/aromatic N) is 4. The summed E-state index contributed by atoms with van der Waals surface area (Å²) in [5.41, 5.74) is 8.69. The molecular weight excluding hydrogens is 194 g/mol. The quantitative estimate of drug-likeness (QED) is 0.438. The molecular formula is C5H7N5O2S. The fourth-order valence-corrected chi connectivity index (χ4v) is 2.04. The molecule has 0 bridgehead atoms. The van der Waals surface area contributed by atoms with Crippen LogP contribution in [0.1, 0.15) is 11.4 Å². The number of hydrogen-bond donors (Lipinski definition) is 1. The van der Waals surface area contributed by atoms with Gasteiger partial charge in [-0.1, -0.05) is 0 Å². The van der Waals surface area contributed by atoms with Crippen LogP contribution in [0.3, 0.4) is 0 Å². The van der Waals surface area contributed by atoms with Crippen molar-refractivity contribution in [1.29, 1.82) is 0 Å². The van der Waals surface area contributed by atoms with Gasteiger partial charge in [0.05, 0.1) is 11.4 Å². The molecule has 8 heteroatoms. The molecule has 0 atom stereocenters. The number of aryl methyl sites for hydroxylation is 2. The first-order chi connectivity index (χ1) is 5.99. The third-order valence-corrected chi connectivity index (χ3v) is 2.87. The molecule has 0 aliphatic carbocycles. The van der Waals surface area contributed by atoms with Gasteiger partial charge in [-0.3, -0.25) is 5.10 Å². The number of nitrogens with one attached hydrogen (secondary N) is 1. The zero-order chi connectivity index (χ0) is 10.1. The monoisotopic (exact) mass is 201 g/mol. The van der Waals surface area contributed by atoms with Crippen LogP contribution in [0.5, 0.6) is 0 Å². The van der Waals surface area contributed by atoms with Crippen molar-refractivity contribution in [3.63, 3.8) is 0 Å². The van der Waals surface area contributed by atoms with Crippen molar-refractivity contribution in [2.24, 2.45) is 4.52 Å². The van der Waals surface area contributed by atoms with Crippen molar-refractivity contribution >= 4 is 10.0 Å². The Balaban J connectivity index is 3.46. The van der Waals surface area contributed by atoms with E-state index in [1.54, 1.807) is 6.92 Å². The average Bonchev–Trinajstić information content (AvgIpc) is 2.31. The standard InChI is InChI=1S/C5H7N5O2S/c1-3-5(4(2)8-7-3)13(11,12)10-9-6/h1-2H3,(H,7,8). The van der Waals surface area contributed by atoms with E-state index < -0.39 is 10.0 Å². The highest BCUT2D eigenvalue weighted by molar-refractivity contribution is 7.90. The van der Waals surface area contributed by atoms with E-state index in [2.05, 4.69) is 19.6 Å². The van der Waals surface area contributed by atoms with E-state index >= 15 is 0 Å². The topological polar surface area (TPSA) is 112 Å². The van der Waals surface area contributed by atoms with Gasteiger partial charge in [-0.2, -0.15) is 5.10 Å². The first-order valence-electron chi connectivity index (χ1n) is 3.32.